The van der Waals surface area contributed by atoms with Crippen molar-refractivity contribution in [2.45, 2.75) is 69.6 Å². The third-order valence-corrected chi connectivity index (χ3v) is 6.42. The van der Waals surface area contributed by atoms with E-state index in [1.165, 1.54) is 0 Å². The second-order valence-electron chi connectivity index (χ2n) is 8.48. The molecule has 3 aliphatic rings. The van der Waals surface area contributed by atoms with Gasteiger partial charge in [-0.1, -0.05) is 12.1 Å². The number of amides is 1. The van der Waals surface area contributed by atoms with E-state index in [9.17, 15) is 9.59 Å². The highest BCUT2D eigenvalue weighted by Gasteiger charge is 2.31. The molecule has 1 aromatic carbocycles. The van der Waals surface area contributed by atoms with Crippen molar-refractivity contribution >= 4 is 5.91 Å². The fourth-order valence-corrected chi connectivity index (χ4v) is 4.75. The SMILES string of the molecule is O=C(NC1CCC(n2nc3c(cc2=O)CCCC3)CC1)C1COc2ccccc2O1. The van der Waals surface area contributed by atoms with Crippen molar-refractivity contribution in [1.82, 2.24) is 15.1 Å². The first-order chi connectivity index (χ1) is 14.7. The van der Waals surface area contributed by atoms with Crippen LogP contribution in [-0.4, -0.2) is 34.4 Å². The van der Waals surface area contributed by atoms with Crippen molar-refractivity contribution in [1.29, 1.82) is 0 Å². The molecular formula is C23H27N3O4. The molecule has 1 aromatic heterocycles. The highest BCUT2D eigenvalue weighted by molar-refractivity contribution is 5.82. The molecule has 158 valence electrons. The minimum Gasteiger partial charge on any atom is -0.485 e. The molecule has 30 heavy (non-hydrogen) atoms. The number of aryl methyl sites for hydroxylation is 2. The van der Waals surface area contributed by atoms with Crippen LogP contribution >= 0.6 is 0 Å². The van der Waals surface area contributed by atoms with Crippen LogP contribution in [0.5, 0.6) is 11.5 Å². The number of nitrogens with zero attached hydrogens (tertiary/aromatic N) is 2. The minimum atomic E-state index is -0.637. The van der Waals surface area contributed by atoms with E-state index >= 15 is 0 Å². The summed E-state index contributed by atoms with van der Waals surface area (Å²) in [5, 5.41) is 7.80. The summed E-state index contributed by atoms with van der Waals surface area (Å²) in [6.45, 7) is 0.215. The third-order valence-electron chi connectivity index (χ3n) is 6.42. The smallest absolute Gasteiger partial charge is 0.267 e. The Bertz CT molecular complexity index is 994. The first-order valence-electron chi connectivity index (χ1n) is 11.0. The molecule has 1 saturated carbocycles. The van der Waals surface area contributed by atoms with Crippen LogP contribution in [0.2, 0.25) is 0 Å². The predicted molar refractivity (Wildman–Crippen MR) is 111 cm³/mol. The van der Waals surface area contributed by atoms with E-state index in [0.717, 1.165) is 62.6 Å². The fourth-order valence-electron chi connectivity index (χ4n) is 4.75. The molecule has 2 aliphatic carbocycles. The lowest BCUT2D eigenvalue weighted by atomic mass is 9.90. The zero-order valence-corrected chi connectivity index (χ0v) is 17.0. The quantitative estimate of drug-likeness (QED) is 0.843. The summed E-state index contributed by atoms with van der Waals surface area (Å²) in [6, 6.07) is 9.37. The maximum Gasteiger partial charge on any atom is 0.267 e. The Morgan fingerprint density at radius 1 is 1.07 bits per heavy atom. The summed E-state index contributed by atoms with van der Waals surface area (Å²) in [7, 11) is 0. The minimum absolute atomic E-state index is 0.00885. The van der Waals surface area contributed by atoms with Gasteiger partial charge in [-0.3, -0.25) is 9.59 Å². The van der Waals surface area contributed by atoms with Crippen molar-refractivity contribution in [3.05, 3.63) is 51.9 Å². The molecule has 0 saturated heterocycles. The highest BCUT2D eigenvalue weighted by Crippen LogP contribution is 2.32. The van der Waals surface area contributed by atoms with Crippen LogP contribution in [0.3, 0.4) is 0 Å². The molecule has 1 aliphatic heterocycles. The van der Waals surface area contributed by atoms with Gasteiger partial charge in [0.15, 0.2) is 11.5 Å². The van der Waals surface area contributed by atoms with Crippen LogP contribution in [0.15, 0.2) is 35.1 Å². The van der Waals surface area contributed by atoms with Crippen LogP contribution in [0.4, 0.5) is 0 Å². The number of benzene rings is 1. The molecule has 5 rings (SSSR count). The van der Waals surface area contributed by atoms with Crippen LogP contribution < -0.4 is 20.3 Å². The molecule has 7 nitrogen and oxygen atoms in total. The van der Waals surface area contributed by atoms with Crippen LogP contribution in [-0.2, 0) is 17.6 Å². The Balaban J connectivity index is 1.18. The molecule has 0 bridgehead atoms. The van der Waals surface area contributed by atoms with Crippen molar-refractivity contribution < 1.29 is 14.3 Å². The van der Waals surface area contributed by atoms with Crippen molar-refractivity contribution in [3.8, 4) is 11.5 Å². The van der Waals surface area contributed by atoms with E-state index in [0.29, 0.717) is 11.5 Å². The van der Waals surface area contributed by atoms with Gasteiger partial charge in [-0.2, -0.15) is 5.10 Å². The van der Waals surface area contributed by atoms with Gasteiger partial charge in [0.1, 0.15) is 6.61 Å². The van der Waals surface area contributed by atoms with E-state index in [4.69, 9.17) is 14.6 Å². The van der Waals surface area contributed by atoms with E-state index in [2.05, 4.69) is 5.32 Å². The Labute approximate surface area is 175 Å². The number of aromatic nitrogens is 2. The van der Waals surface area contributed by atoms with Gasteiger partial charge in [0, 0.05) is 12.1 Å². The van der Waals surface area contributed by atoms with Crippen molar-refractivity contribution in [3.63, 3.8) is 0 Å². The number of hydrogen-bond acceptors (Lipinski definition) is 5. The Kier molecular flexibility index (Phi) is 5.19. The number of fused-ring (bicyclic) bond motifs is 2. The van der Waals surface area contributed by atoms with Crippen LogP contribution in [0.25, 0.3) is 0 Å². The average molecular weight is 409 g/mol. The third kappa shape index (κ3) is 3.80. The lowest BCUT2D eigenvalue weighted by Crippen LogP contribution is -2.48. The first-order valence-corrected chi connectivity index (χ1v) is 11.0. The van der Waals surface area contributed by atoms with Crippen molar-refractivity contribution in [2.24, 2.45) is 0 Å². The van der Waals surface area contributed by atoms with Gasteiger partial charge in [0.25, 0.3) is 11.5 Å². The molecule has 1 unspecified atom stereocenters. The zero-order chi connectivity index (χ0) is 20.5. The standard InChI is InChI=1S/C23H27N3O4/c27-22-13-15-5-1-2-6-18(15)25-26(22)17-11-9-16(10-12-17)24-23(28)21-14-29-19-7-3-4-8-20(19)30-21/h3-4,7-8,13,16-17,21H,1-2,5-6,9-12,14H2,(H,24,28). The average Bonchev–Trinajstić information content (AvgIpc) is 2.79. The number of hydrogen-bond donors (Lipinski definition) is 1. The molecule has 2 aromatic rings. The topological polar surface area (TPSA) is 82.5 Å². The number of nitrogens with one attached hydrogen (secondary N) is 1. The number of carbonyl (C=O) groups excluding carboxylic acids is 1. The summed E-state index contributed by atoms with van der Waals surface area (Å²) in [4.78, 5) is 25.2. The van der Waals surface area contributed by atoms with Gasteiger partial charge in [0.2, 0.25) is 6.10 Å². The van der Waals surface area contributed by atoms with Gasteiger partial charge in [-0.05, 0) is 69.1 Å². The molecule has 2 heterocycles. The van der Waals surface area contributed by atoms with E-state index in [1.807, 2.05) is 24.3 Å². The fraction of sp³-hybridized carbons (Fsp3) is 0.522. The monoisotopic (exact) mass is 409 g/mol. The van der Waals surface area contributed by atoms with Gasteiger partial charge in [-0.15, -0.1) is 0 Å². The Morgan fingerprint density at radius 2 is 1.83 bits per heavy atom. The molecular weight excluding hydrogens is 382 g/mol. The molecule has 0 spiro atoms. The molecule has 1 fully saturated rings. The number of para-hydroxylation sites is 2. The van der Waals surface area contributed by atoms with Gasteiger partial charge < -0.3 is 14.8 Å². The predicted octanol–water partition coefficient (Wildman–Crippen LogP) is 2.56. The number of ether oxygens (including phenoxy) is 2. The lowest BCUT2D eigenvalue weighted by molar-refractivity contribution is -0.131. The second kappa shape index (κ2) is 8.13. The summed E-state index contributed by atoms with van der Waals surface area (Å²) in [6.07, 6.45) is 6.91. The van der Waals surface area contributed by atoms with Gasteiger partial charge in [0.05, 0.1) is 11.7 Å². The number of rotatable bonds is 3. The van der Waals surface area contributed by atoms with Crippen LogP contribution in [0, 0.1) is 0 Å². The molecule has 0 radical (unpaired) electrons. The normalized spacial score (nSPS) is 25.3. The molecule has 1 N–H and O–H groups in total. The highest BCUT2D eigenvalue weighted by atomic mass is 16.6. The summed E-state index contributed by atoms with van der Waals surface area (Å²) < 4.78 is 13.1. The summed E-state index contributed by atoms with van der Waals surface area (Å²) in [5.41, 5.74) is 2.22. The van der Waals surface area contributed by atoms with E-state index in [-0.39, 0.29) is 30.2 Å². The molecule has 1 amide bonds. The lowest BCUT2D eigenvalue weighted by Gasteiger charge is -2.32. The number of carbonyl (C=O) groups is 1. The van der Waals surface area contributed by atoms with Crippen LogP contribution in [0.1, 0.15) is 55.8 Å². The second-order valence-corrected chi connectivity index (χ2v) is 8.48. The first kappa shape index (κ1) is 19.2. The zero-order valence-electron chi connectivity index (χ0n) is 17.0. The molecule has 1 atom stereocenters. The Hall–Kier alpha value is -2.83. The summed E-state index contributed by atoms with van der Waals surface area (Å²) in [5.74, 6) is 1.13. The molecule has 7 heteroatoms. The van der Waals surface area contributed by atoms with Crippen molar-refractivity contribution in [2.75, 3.05) is 6.61 Å². The van der Waals surface area contributed by atoms with E-state index in [1.54, 1.807) is 10.7 Å². The van der Waals surface area contributed by atoms with Gasteiger partial charge >= 0.3 is 0 Å². The van der Waals surface area contributed by atoms with E-state index < -0.39 is 6.10 Å². The summed E-state index contributed by atoms with van der Waals surface area (Å²) >= 11 is 0. The maximum atomic E-state index is 12.7. The largest absolute Gasteiger partial charge is 0.485 e. The Morgan fingerprint density at radius 3 is 2.67 bits per heavy atom. The van der Waals surface area contributed by atoms with Gasteiger partial charge in [-0.25, -0.2) is 4.68 Å². The maximum absolute atomic E-state index is 12.7.